The SMILES string of the molecule is C#CCOc1ccc(/C=C2\Sc3ccccc3C2=O)cc1OC. The lowest BCUT2D eigenvalue weighted by Crippen LogP contribution is -1.97. The number of Topliss-reactive ketones (excluding diaryl/α,β-unsaturated/α-hetero) is 1. The number of hydrogen-bond acceptors (Lipinski definition) is 4. The summed E-state index contributed by atoms with van der Waals surface area (Å²) in [5.74, 6) is 3.64. The lowest BCUT2D eigenvalue weighted by molar-refractivity contribution is 0.104. The highest BCUT2D eigenvalue weighted by Crippen LogP contribution is 2.41. The predicted octanol–water partition coefficient (Wildman–Crippen LogP) is 4.04. The molecule has 3 nitrogen and oxygen atoms in total. The van der Waals surface area contributed by atoms with E-state index >= 15 is 0 Å². The number of hydrogen-bond donors (Lipinski definition) is 0. The highest BCUT2D eigenvalue weighted by Gasteiger charge is 2.25. The first-order valence-electron chi connectivity index (χ1n) is 7.00. The van der Waals surface area contributed by atoms with Crippen LogP contribution in [-0.4, -0.2) is 19.5 Å². The maximum absolute atomic E-state index is 12.4. The maximum atomic E-state index is 12.4. The first kappa shape index (κ1) is 15.3. The minimum atomic E-state index is 0.0530. The van der Waals surface area contributed by atoms with Crippen LogP contribution in [0.2, 0.25) is 0 Å². The molecule has 2 aromatic rings. The van der Waals surface area contributed by atoms with E-state index in [0.29, 0.717) is 16.4 Å². The van der Waals surface area contributed by atoms with E-state index in [0.717, 1.165) is 16.0 Å². The molecule has 4 heteroatoms. The van der Waals surface area contributed by atoms with Gasteiger partial charge in [-0.2, -0.15) is 0 Å². The molecule has 0 unspecified atom stereocenters. The Morgan fingerprint density at radius 3 is 2.78 bits per heavy atom. The summed E-state index contributed by atoms with van der Waals surface area (Å²) in [4.78, 5) is 14.1. The standard InChI is InChI=1S/C19H14O3S/c1-3-10-22-15-9-8-13(11-16(15)21-2)12-18-19(20)14-6-4-5-7-17(14)23-18/h1,4-9,11-12H,10H2,2H3/b18-12-. The van der Waals surface area contributed by atoms with E-state index in [4.69, 9.17) is 15.9 Å². The van der Waals surface area contributed by atoms with Gasteiger partial charge in [0.15, 0.2) is 11.5 Å². The van der Waals surface area contributed by atoms with Gasteiger partial charge < -0.3 is 9.47 Å². The zero-order valence-corrected chi connectivity index (χ0v) is 13.4. The van der Waals surface area contributed by atoms with Gasteiger partial charge in [0.2, 0.25) is 5.78 Å². The molecule has 23 heavy (non-hydrogen) atoms. The molecule has 0 N–H and O–H groups in total. The average molecular weight is 322 g/mol. The van der Waals surface area contributed by atoms with Gasteiger partial charge in [0, 0.05) is 10.5 Å². The lowest BCUT2D eigenvalue weighted by atomic mass is 10.1. The number of benzene rings is 2. The molecule has 1 heterocycles. The lowest BCUT2D eigenvalue weighted by Gasteiger charge is -2.09. The Balaban J connectivity index is 1.89. The van der Waals surface area contributed by atoms with Crippen molar-refractivity contribution in [2.75, 3.05) is 13.7 Å². The van der Waals surface area contributed by atoms with Crippen molar-refractivity contribution in [2.45, 2.75) is 4.90 Å². The molecule has 1 aliphatic rings. The minimum absolute atomic E-state index is 0.0530. The summed E-state index contributed by atoms with van der Waals surface area (Å²) in [5, 5.41) is 0. The van der Waals surface area contributed by atoms with Gasteiger partial charge in [-0.05, 0) is 35.9 Å². The van der Waals surface area contributed by atoms with Crippen molar-refractivity contribution in [1.82, 2.24) is 0 Å². The third kappa shape index (κ3) is 3.10. The van der Waals surface area contributed by atoms with Crippen LogP contribution < -0.4 is 9.47 Å². The van der Waals surface area contributed by atoms with Gasteiger partial charge in [-0.25, -0.2) is 0 Å². The number of thioether (sulfide) groups is 1. The normalized spacial score (nSPS) is 14.4. The summed E-state index contributed by atoms with van der Waals surface area (Å²) >= 11 is 1.48. The van der Waals surface area contributed by atoms with Crippen LogP contribution in [0.15, 0.2) is 52.3 Å². The zero-order chi connectivity index (χ0) is 16.2. The molecule has 3 rings (SSSR count). The van der Waals surface area contributed by atoms with E-state index in [2.05, 4.69) is 5.92 Å². The van der Waals surface area contributed by atoms with Gasteiger partial charge in [0.05, 0.1) is 12.0 Å². The third-order valence-electron chi connectivity index (χ3n) is 3.37. The van der Waals surface area contributed by atoms with Gasteiger partial charge in [-0.3, -0.25) is 4.79 Å². The van der Waals surface area contributed by atoms with Gasteiger partial charge in [-0.1, -0.05) is 35.9 Å². The topological polar surface area (TPSA) is 35.5 Å². The number of terminal acetylenes is 1. The summed E-state index contributed by atoms with van der Waals surface area (Å²) in [6.45, 7) is 0.181. The fraction of sp³-hybridized carbons (Fsp3) is 0.105. The number of carbonyl (C=O) groups excluding carboxylic acids is 1. The fourth-order valence-electron chi connectivity index (χ4n) is 2.30. The molecule has 0 saturated heterocycles. The van der Waals surface area contributed by atoms with E-state index in [9.17, 15) is 4.79 Å². The molecule has 0 fully saturated rings. The van der Waals surface area contributed by atoms with Gasteiger partial charge in [0.25, 0.3) is 0 Å². The molecule has 0 aliphatic carbocycles. The number of methoxy groups -OCH3 is 1. The van der Waals surface area contributed by atoms with E-state index in [-0.39, 0.29) is 12.4 Å². The number of carbonyl (C=O) groups is 1. The second-order valence-corrected chi connectivity index (χ2v) is 5.92. The first-order chi connectivity index (χ1) is 11.2. The number of ether oxygens (including phenoxy) is 2. The summed E-state index contributed by atoms with van der Waals surface area (Å²) < 4.78 is 10.7. The average Bonchev–Trinajstić information content (AvgIpc) is 2.90. The van der Waals surface area contributed by atoms with E-state index < -0.39 is 0 Å². The van der Waals surface area contributed by atoms with Crippen molar-refractivity contribution in [1.29, 1.82) is 0 Å². The van der Waals surface area contributed by atoms with Crippen molar-refractivity contribution < 1.29 is 14.3 Å². The molecule has 114 valence electrons. The van der Waals surface area contributed by atoms with Crippen molar-refractivity contribution in [3.8, 4) is 23.8 Å². The van der Waals surface area contributed by atoms with Crippen LogP contribution in [0.4, 0.5) is 0 Å². The molecule has 0 aromatic heterocycles. The van der Waals surface area contributed by atoms with Crippen LogP contribution in [0.1, 0.15) is 15.9 Å². The number of fused-ring (bicyclic) bond motifs is 1. The van der Waals surface area contributed by atoms with E-state index in [1.165, 1.54) is 11.8 Å². The van der Waals surface area contributed by atoms with Crippen molar-refractivity contribution in [3.05, 3.63) is 58.5 Å². The monoisotopic (exact) mass is 322 g/mol. The fourth-order valence-corrected chi connectivity index (χ4v) is 3.35. The Bertz CT molecular complexity index is 831. The van der Waals surface area contributed by atoms with Crippen molar-refractivity contribution >= 4 is 23.6 Å². The van der Waals surface area contributed by atoms with Gasteiger partial charge >= 0.3 is 0 Å². The summed E-state index contributed by atoms with van der Waals surface area (Å²) in [6.07, 6.45) is 7.06. The number of allylic oxidation sites excluding steroid dienone is 1. The van der Waals surface area contributed by atoms with Gasteiger partial charge in [-0.15, -0.1) is 6.42 Å². The molecule has 0 amide bonds. The summed E-state index contributed by atoms with van der Waals surface area (Å²) in [7, 11) is 1.57. The van der Waals surface area contributed by atoms with Crippen LogP contribution in [-0.2, 0) is 0 Å². The minimum Gasteiger partial charge on any atom is -0.493 e. The highest BCUT2D eigenvalue weighted by molar-refractivity contribution is 8.04. The van der Waals surface area contributed by atoms with Crippen LogP contribution >= 0.6 is 11.8 Å². The number of ketones is 1. The molecule has 1 aliphatic heterocycles. The largest absolute Gasteiger partial charge is 0.493 e. The van der Waals surface area contributed by atoms with Crippen molar-refractivity contribution in [3.63, 3.8) is 0 Å². The second-order valence-electron chi connectivity index (χ2n) is 4.84. The molecule has 2 aromatic carbocycles. The molecule has 0 radical (unpaired) electrons. The molecule has 0 bridgehead atoms. The highest BCUT2D eigenvalue weighted by atomic mass is 32.2. The van der Waals surface area contributed by atoms with Crippen LogP contribution in [0, 0.1) is 12.3 Å². The predicted molar refractivity (Wildman–Crippen MR) is 91.9 cm³/mol. The van der Waals surface area contributed by atoms with Crippen LogP contribution in [0.5, 0.6) is 11.5 Å². The Morgan fingerprint density at radius 2 is 2.04 bits per heavy atom. The smallest absolute Gasteiger partial charge is 0.200 e. The quantitative estimate of drug-likeness (QED) is 0.629. The molecular weight excluding hydrogens is 308 g/mol. The van der Waals surface area contributed by atoms with Crippen LogP contribution in [0.25, 0.3) is 6.08 Å². The summed E-state index contributed by atoms with van der Waals surface area (Å²) in [5.41, 5.74) is 1.63. The molecular formula is C19H14O3S. The number of rotatable bonds is 4. The van der Waals surface area contributed by atoms with Gasteiger partial charge in [0.1, 0.15) is 6.61 Å². The van der Waals surface area contributed by atoms with E-state index in [1.54, 1.807) is 13.2 Å². The first-order valence-corrected chi connectivity index (χ1v) is 7.82. The Hall–Kier alpha value is -2.64. The molecule has 0 atom stereocenters. The summed E-state index contributed by atoms with van der Waals surface area (Å²) in [6, 6.07) is 13.1. The Morgan fingerprint density at radius 1 is 1.22 bits per heavy atom. The molecule has 0 spiro atoms. The molecule has 0 saturated carbocycles. The third-order valence-corrected chi connectivity index (χ3v) is 4.47. The van der Waals surface area contributed by atoms with Crippen LogP contribution in [0.3, 0.4) is 0 Å². The zero-order valence-electron chi connectivity index (χ0n) is 12.5. The Kier molecular flexibility index (Phi) is 4.40. The van der Waals surface area contributed by atoms with E-state index in [1.807, 2.05) is 42.5 Å². The maximum Gasteiger partial charge on any atom is 0.200 e. The Labute approximate surface area is 139 Å². The van der Waals surface area contributed by atoms with Crippen molar-refractivity contribution in [2.24, 2.45) is 0 Å². The second kappa shape index (κ2) is 6.64.